The Labute approximate surface area is 101 Å². The second-order valence-corrected chi connectivity index (χ2v) is 6.30. The van der Waals surface area contributed by atoms with Crippen LogP contribution in [0.15, 0.2) is 0 Å². The van der Waals surface area contributed by atoms with Crippen LogP contribution in [0.3, 0.4) is 0 Å². The van der Waals surface area contributed by atoms with Crippen LogP contribution in [-0.4, -0.2) is 62.2 Å². The number of rotatable bonds is 3. The monoisotopic (exact) mass is 227 g/mol. The number of piperazine rings is 1. The maximum atomic E-state index is 3.42. The van der Waals surface area contributed by atoms with Crippen molar-refractivity contribution in [2.75, 3.05) is 40.3 Å². The minimum Gasteiger partial charge on any atom is -0.314 e. The summed E-state index contributed by atoms with van der Waals surface area (Å²) in [5.74, 6) is 0. The average Bonchev–Trinajstić information content (AvgIpc) is 2.16. The van der Waals surface area contributed by atoms with Gasteiger partial charge < -0.3 is 10.2 Å². The molecule has 2 atom stereocenters. The molecule has 1 rings (SSSR count). The minimum absolute atomic E-state index is 0.327. The summed E-state index contributed by atoms with van der Waals surface area (Å²) in [6.07, 6.45) is 0. The first kappa shape index (κ1) is 13.9. The van der Waals surface area contributed by atoms with E-state index in [2.05, 4.69) is 56.9 Å². The molecule has 0 saturated carbocycles. The maximum Gasteiger partial charge on any atom is 0.0291 e. The Hall–Kier alpha value is -0.120. The van der Waals surface area contributed by atoms with Crippen molar-refractivity contribution in [2.24, 2.45) is 5.41 Å². The van der Waals surface area contributed by atoms with Gasteiger partial charge in [-0.3, -0.25) is 4.90 Å². The van der Waals surface area contributed by atoms with Gasteiger partial charge in [0.15, 0.2) is 0 Å². The summed E-state index contributed by atoms with van der Waals surface area (Å²) in [5, 5.41) is 3.42. The summed E-state index contributed by atoms with van der Waals surface area (Å²) in [6, 6.07) is 1.22. The van der Waals surface area contributed by atoms with Crippen LogP contribution >= 0.6 is 0 Å². The molecule has 1 saturated heterocycles. The lowest BCUT2D eigenvalue weighted by Crippen LogP contribution is -2.57. The van der Waals surface area contributed by atoms with E-state index < -0.39 is 0 Å². The van der Waals surface area contributed by atoms with Crippen LogP contribution < -0.4 is 5.32 Å². The molecule has 0 amide bonds. The maximum absolute atomic E-state index is 3.42. The molecule has 1 N–H and O–H groups in total. The number of hydrogen-bond donors (Lipinski definition) is 1. The third-order valence-electron chi connectivity index (χ3n) is 3.63. The van der Waals surface area contributed by atoms with Crippen LogP contribution in [0.1, 0.15) is 27.7 Å². The molecular weight excluding hydrogens is 198 g/mol. The molecule has 1 aliphatic heterocycles. The van der Waals surface area contributed by atoms with Crippen LogP contribution in [0.25, 0.3) is 0 Å². The van der Waals surface area contributed by atoms with E-state index in [-0.39, 0.29) is 0 Å². The first-order valence-corrected chi connectivity index (χ1v) is 6.45. The number of hydrogen-bond acceptors (Lipinski definition) is 3. The highest BCUT2D eigenvalue weighted by Crippen LogP contribution is 2.28. The second-order valence-electron chi connectivity index (χ2n) is 6.30. The van der Waals surface area contributed by atoms with E-state index in [0.717, 1.165) is 13.1 Å². The Kier molecular flexibility index (Phi) is 4.77. The number of likely N-dealkylation sites (N-methyl/N-ethyl adjacent to an activating group) is 1. The Bertz CT molecular complexity index is 202. The topological polar surface area (TPSA) is 18.5 Å². The molecule has 2 unspecified atom stereocenters. The fourth-order valence-electron chi connectivity index (χ4n) is 3.22. The van der Waals surface area contributed by atoms with E-state index in [1.54, 1.807) is 0 Å². The standard InChI is InChI=1S/C13H29N3/c1-11(16-9-7-14-8-10-16)12(15(5)6)13(2,3)4/h11-12,14H,7-10H2,1-6H3. The normalized spacial score (nSPS) is 23.4. The fourth-order valence-corrected chi connectivity index (χ4v) is 3.22. The third kappa shape index (κ3) is 3.44. The Balaban J connectivity index is 2.70. The summed E-state index contributed by atoms with van der Waals surface area (Å²) in [5.41, 5.74) is 0.327. The van der Waals surface area contributed by atoms with E-state index in [9.17, 15) is 0 Å². The Morgan fingerprint density at radius 3 is 2.00 bits per heavy atom. The van der Waals surface area contributed by atoms with E-state index in [1.165, 1.54) is 13.1 Å². The molecule has 3 heteroatoms. The van der Waals surface area contributed by atoms with Crippen molar-refractivity contribution >= 4 is 0 Å². The predicted molar refractivity (Wildman–Crippen MR) is 70.8 cm³/mol. The van der Waals surface area contributed by atoms with Crippen LogP contribution in [0.5, 0.6) is 0 Å². The van der Waals surface area contributed by atoms with Crippen LogP contribution in [0.2, 0.25) is 0 Å². The first-order chi connectivity index (χ1) is 7.34. The zero-order valence-corrected chi connectivity index (χ0v) is 11.9. The van der Waals surface area contributed by atoms with E-state index in [0.29, 0.717) is 17.5 Å². The lowest BCUT2D eigenvalue weighted by Gasteiger charge is -2.46. The smallest absolute Gasteiger partial charge is 0.0291 e. The molecule has 1 fully saturated rings. The highest BCUT2D eigenvalue weighted by atomic mass is 15.3. The van der Waals surface area contributed by atoms with Gasteiger partial charge in [-0.1, -0.05) is 20.8 Å². The molecule has 0 aliphatic carbocycles. The molecule has 0 aromatic rings. The van der Waals surface area contributed by atoms with Crippen LogP contribution in [-0.2, 0) is 0 Å². The quantitative estimate of drug-likeness (QED) is 0.783. The van der Waals surface area contributed by atoms with Crippen LogP contribution in [0, 0.1) is 5.41 Å². The number of nitrogens with one attached hydrogen (secondary N) is 1. The zero-order valence-electron chi connectivity index (χ0n) is 11.9. The van der Waals surface area contributed by atoms with Gasteiger partial charge in [0, 0.05) is 38.3 Å². The van der Waals surface area contributed by atoms with Crippen molar-refractivity contribution in [3.63, 3.8) is 0 Å². The van der Waals surface area contributed by atoms with Crippen LogP contribution in [0.4, 0.5) is 0 Å². The van der Waals surface area contributed by atoms with Crippen molar-refractivity contribution in [3.8, 4) is 0 Å². The SMILES string of the molecule is CC(C(N(C)C)C(C)(C)C)N1CCNCC1. The largest absolute Gasteiger partial charge is 0.314 e. The van der Waals surface area contributed by atoms with Crippen molar-refractivity contribution in [1.29, 1.82) is 0 Å². The van der Waals surface area contributed by atoms with Gasteiger partial charge in [0.25, 0.3) is 0 Å². The Morgan fingerprint density at radius 1 is 1.12 bits per heavy atom. The van der Waals surface area contributed by atoms with Crippen molar-refractivity contribution in [2.45, 2.75) is 39.8 Å². The molecule has 0 spiro atoms. The summed E-state index contributed by atoms with van der Waals surface area (Å²) < 4.78 is 0. The number of nitrogens with zero attached hydrogens (tertiary/aromatic N) is 2. The van der Waals surface area contributed by atoms with Gasteiger partial charge in [-0.25, -0.2) is 0 Å². The Morgan fingerprint density at radius 2 is 1.62 bits per heavy atom. The molecular formula is C13H29N3. The summed E-state index contributed by atoms with van der Waals surface area (Å²) >= 11 is 0. The van der Waals surface area contributed by atoms with Gasteiger partial charge in [0.2, 0.25) is 0 Å². The highest BCUT2D eigenvalue weighted by molar-refractivity contribution is 4.91. The highest BCUT2D eigenvalue weighted by Gasteiger charge is 2.34. The zero-order chi connectivity index (χ0) is 12.3. The van der Waals surface area contributed by atoms with Gasteiger partial charge in [-0.2, -0.15) is 0 Å². The molecule has 1 aliphatic rings. The van der Waals surface area contributed by atoms with Crippen molar-refractivity contribution in [3.05, 3.63) is 0 Å². The van der Waals surface area contributed by atoms with Crippen molar-refractivity contribution in [1.82, 2.24) is 15.1 Å². The summed E-state index contributed by atoms with van der Waals surface area (Å²) in [4.78, 5) is 5.00. The molecule has 3 nitrogen and oxygen atoms in total. The van der Waals surface area contributed by atoms with Gasteiger partial charge in [0.05, 0.1) is 0 Å². The molecule has 0 aromatic carbocycles. The molecule has 0 radical (unpaired) electrons. The minimum atomic E-state index is 0.327. The molecule has 96 valence electrons. The molecule has 0 aromatic heterocycles. The molecule has 0 bridgehead atoms. The average molecular weight is 227 g/mol. The van der Waals surface area contributed by atoms with E-state index >= 15 is 0 Å². The van der Waals surface area contributed by atoms with Gasteiger partial charge in [-0.15, -0.1) is 0 Å². The van der Waals surface area contributed by atoms with Crippen molar-refractivity contribution < 1.29 is 0 Å². The summed E-state index contributed by atoms with van der Waals surface area (Å²) in [7, 11) is 4.41. The lowest BCUT2D eigenvalue weighted by atomic mass is 9.81. The van der Waals surface area contributed by atoms with Gasteiger partial charge >= 0.3 is 0 Å². The van der Waals surface area contributed by atoms with Gasteiger partial charge in [-0.05, 0) is 26.4 Å². The predicted octanol–water partition coefficient (Wildman–Crippen LogP) is 1.26. The fraction of sp³-hybridized carbons (Fsp3) is 1.00. The second kappa shape index (κ2) is 5.48. The molecule has 1 heterocycles. The van der Waals surface area contributed by atoms with E-state index in [1.807, 2.05) is 0 Å². The lowest BCUT2D eigenvalue weighted by molar-refractivity contribution is 0.0442. The third-order valence-corrected chi connectivity index (χ3v) is 3.63. The summed E-state index contributed by atoms with van der Waals surface area (Å²) in [6.45, 7) is 14.0. The first-order valence-electron chi connectivity index (χ1n) is 6.45. The molecule has 16 heavy (non-hydrogen) atoms. The van der Waals surface area contributed by atoms with Gasteiger partial charge in [0.1, 0.15) is 0 Å². The van der Waals surface area contributed by atoms with E-state index in [4.69, 9.17) is 0 Å².